The average molecular weight is 238 g/mol. The molecular weight excluding hydrogens is 216 g/mol. The molecule has 0 aromatic carbocycles. The van der Waals surface area contributed by atoms with Gasteiger partial charge in [0, 0.05) is 31.8 Å². The van der Waals surface area contributed by atoms with Gasteiger partial charge in [-0.25, -0.2) is 0 Å². The topological polar surface area (TPSA) is 49.4 Å². The molecule has 1 heterocycles. The number of carbonyl (C=O) groups excluding carboxylic acids is 2. The predicted octanol–water partition coefficient (Wildman–Crippen LogP) is 0.814. The fourth-order valence-electron chi connectivity index (χ4n) is 2.78. The number of ketones is 1. The molecule has 0 aromatic rings. The first-order valence-electron chi connectivity index (χ1n) is 6.63. The standard InChI is InChI=1S/C13H22N2O2/c1-15-7-6-10(9-15)8-14-13(17)11-2-4-12(16)5-3-11/h10-11H,2-9H2,1H3,(H,14,17). The molecule has 96 valence electrons. The highest BCUT2D eigenvalue weighted by Crippen LogP contribution is 2.21. The number of nitrogens with zero attached hydrogens (tertiary/aromatic N) is 1. The van der Waals surface area contributed by atoms with Crippen LogP contribution in [0.2, 0.25) is 0 Å². The normalized spacial score (nSPS) is 27.4. The smallest absolute Gasteiger partial charge is 0.223 e. The first-order valence-corrected chi connectivity index (χ1v) is 6.63. The van der Waals surface area contributed by atoms with Gasteiger partial charge in [-0.1, -0.05) is 0 Å². The molecule has 1 saturated carbocycles. The number of Topliss-reactive ketones (excluding diaryl/α,β-unsaturated/α-hetero) is 1. The minimum atomic E-state index is 0.0758. The number of likely N-dealkylation sites (tertiary alicyclic amines) is 1. The highest BCUT2D eigenvalue weighted by Gasteiger charge is 2.26. The van der Waals surface area contributed by atoms with Gasteiger partial charge in [0.2, 0.25) is 5.91 Å². The summed E-state index contributed by atoms with van der Waals surface area (Å²) in [5, 5.41) is 3.05. The molecule has 1 N–H and O–H groups in total. The summed E-state index contributed by atoms with van der Waals surface area (Å²) < 4.78 is 0. The van der Waals surface area contributed by atoms with Crippen LogP contribution in [0, 0.1) is 11.8 Å². The molecule has 4 heteroatoms. The van der Waals surface area contributed by atoms with Crippen LogP contribution in [0.15, 0.2) is 0 Å². The van der Waals surface area contributed by atoms with Crippen molar-refractivity contribution in [1.29, 1.82) is 0 Å². The van der Waals surface area contributed by atoms with Gasteiger partial charge < -0.3 is 10.2 Å². The maximum atomic E-state index is 11.9. The molecular formula is C13H22N2O2. The average Bonchev–Trinajstić information content (AvgIpc) is 2.73. The minimum absolute atomic E-state index is 0.0758. The number of amides is 1. The molecule has 1 amide bonds. The highest BCUT2D eigenvalue weighted by molar-refractivity contribution is 5.84. The Morgan fingerprint density at radius 1 is 1.35 bits per heavy atom. The van der Waals surface area contributed by atoms with Crippen molar-refractivity contribution in [2.45, 2.75) is 32.1 Å². The fraction of sp³-hybridized carbons (Fsp3) is 0.846. The Bertz CT molecular complexity index is 294. The molecule has 2 fully saturated rings. The monoisotopic (exact) mass is 238 g/mol. The molecule has 0 radical (unpaired) electrons. The highest BCUT2D eigenvalue weighted by atomic mass is 16.2. The molecule has 1 saturated heterocycles. The van der Waals surface area contributed by atoms with Gasteiger partial charge >= 0.3 is 0 Å². The molecule has 0 spiro atoms. The number of rotatable bonds is 3. The molecule has 0 aromatic heterocycles. The Morgan fingerprint density at radius 2 is 2.06 bits per heavy atom. The van der Waals surface area contributed by atoms with Gasteiger partial charge in [-0.3, -0.25) is 9.59 Å². The lowest BCUT2D eigenvalue weighted by Crippen LogP contribution is -2.36. The Labute approximate surface area is 103 Å². The van der Waals surface area contributed by atoms with Crippen LogP contribution in [0.3, 0.4) is 0 Å². The molecule has 1 aliphatic carbocycles. The number of hydrogen-bond donors (Lipinski definition) is 1. The van der Waals surface area contributed by atoms with Crippen molar-refractivity contribution in [3.63, 3.8) is 0 Å². The summed E-state index contributed by atoms with van der Waals surface area (Å²) in [6.07, 6.45) is 3.85. The second kappa shape index (κ2) is 5.63. The van der Waals surface area contributed by atoms with E-state index < -0.39 is 0 Å². The Kier molecular flexibility index (Phi) is 4.15. The van der Waals surface area contributed by atoms with E-state index in [4.69, 9.17) is 0 Å². The molecule has 1 atom stereocenters. The Balaban J connectivity index is 1.68. The van der Waals surface area contributed by atoms with Crippen molar-refractivity contribution >= 4 is 11.7 Å². The van der Waals surface area contributed by atoms with E-state index in [0.29, 0.717) is 24.5 Å². The molecule has 17 heavy (non-hydrogen) atoms. The second-order valence-electron chi connectivity index (χ2n) is 5.48. The van der Waals surface area contributed by atoms with Crippen molar-refractivity contribution in [1.82, 2.24) is 10.2 Å². The largest absolute Gasteiger partial charge is 0.356 e. The molecule has 0 bridgehead atoms. The molecule has 4 nitrogen and oxygen atoms in total. The van der Waals surface area contributed by atoms with Crippen molar-refractivity contribution in [2.24, 2.45) is 11.8 Å². The molecule has 2 rings (SSSR count). The summed E-state index contributed by atoms with van der Waals surface area (Å²) in [6, 6.07) is 0. The van der Waals surface area contributed by atoms with Crippen molar-refractivity contribution in [2.75, 3.05) is 26.7 Å². The number of hydrogen-bond acceptors (Lipinski definition) is 3. The van der Waals surface area contributed by atoms with Crippen LogP contribution in [0.5, 0.6) is 0 Å². The zero-order valence-corrected chi connectivity index (χ0v) is 10.6. The quantitative estimate of drug-likeness (QED) is 0.791. The van der Waals surface area contributed by atoms with Crippen LogP contribution in [0.4, 0.5) is 0 Å². The summed E-state index contributed by atoms with van der Waals surface area (Å²) in [6.45, 7) is 3.02. The minimum Gasteiger partial charge on any atom is -0.356 e. The van der Waals surface area contributed by atoms with Crippen LogP contribution >= 0.6 is 0 Å². The zero-order valence-electron chi connectivity index (χ0n) is 10.6. The third kappa shape index (κ3) is 3.53. The number of nitrogens with one attached hydrogen (secondary N) is 1. The van der Waals surface area contributed by atoms with E-state index in [9.17, 15) is 9.59 Å². The van der Waals surface area contributed by atoms with Gasteiger partial charge in [0.05, 0.1) is 0 Å². The van der Waals surface area contributed by atoms with E-state index in [1.807, 2.05) is 0 Å². The van der Waals surface area contributed by atoms with Gasteiger partial charge in [-0.05, 0) is 38.8 Å². The van der Waals surface area contributed by atoms with Crippen LogP contribution in [-0.4, -0.2) is 43.3 Å². The number of carbonyl (C=O) groups is 2. The van der Waals surface area contributed by atoms with E-state index in [1.165, 1.54) is 6.42 Å². The van der Waals surface area contributed by atoms with E-state index in [-0.39, 0.29) is 11.8 Å². The summed E-state index contributed by atoms with van der Waals surface area (Å²) >= 11 is 0. The molecule has 1 aliphatic heterocycles. The zero-order chi connectivity index (χ0) is 12.3. The first-order chi connectivity index (χ1) is 8.15. The van der Waals surface area contributed by atoms with Crippen molar-refractivity contribution in [3.05, 3.63) is 0 Å². The lowest BCUT2D eigenvalue weighted by Gasteiger charge is -2.21. The van der Waals surface area contributed by atoms with Crippen LogP contribution in [-0.2, 0) is 9.59 Å². The van der Waals surface area contributed by atoms with Gasteiger partial charge in [0.1, 0.15) is 5.78 Å². The summed E-state index contributed by atoms with van der Waals surface area (Å²) in [5.41, 5.74) is 0. The van der Waals surface area contributed by atoms with Crippen molar-refractivity contribution < 1.29 is 9.59 Å². The van der Waals surface area contributed by atoms with E-state index >= 15 is 0 Å². The van der Waals surface area contributed by atoms with Gasteiger partial charge in [0.25, 0.3) is 0 Å². The Morgan fingerprint density at radius 3 is 2.65 bits per heavy atom. The van der Waals surface area contributed by atoms with E-state index in [2.05, 4.69) is 17.3 Å². The first kappa shape index (κ1) is 12.6. The second-order valence-corrected chi connectivity index (χ2v) is 5.48. The SMILES string of the molecule is CN1CCC(CNC(=O)C2CCC(=O)CC2)C1. The van der Waals surface area contributed by atoms with Crippen LogP contribution in [0.25, 0.3) is 0 Å². The van der Waals surface area contributed by atoms with Crippen LogP contribution < -0.4 is 5.32 Å². The predicted molar refractivity (Wildman–Crippen MR) is 65.6 cm³/mol. The molecule has 2 aliphatic rings. The lowest BCUT2D eigenvalue weighted by molar-refractivity contribution is -0.128. The van der Waals surface area contributed by atoms with E-state index in [1.54, 1.807) is 0 Å². The summed E-state index contributed by atoms with van der Waals surface area (Å²) in [4.78, 5) is 25.3. The Hall–Kier alpha value is -0.900. The van der Waals surface area contributed by atoms with Crippen LogP contribution in [0.1, 0.15) is 32.1 Å². The van der Waals surface area contributed by atoms with Gasteiger partial charge in [-0.2, -0.15) is 0 Å². The maximum Gasteiger partial charge on any atom is 0.223 e. The summed E-state index contributed by atoms with van der Waals surface area (Å²) in [7, 11) is 2.12. The maximum absolute atomic E-state index is 11.9. The fourth-order valence-corrected chi connectivity index (χ4v) is 2.78. The van der Waals surface area contributed by atoms with Gasteiger partial charge in [0.15, 0.2) is 0 Å². The third-order valence-corrected chi connectivity index (χ3v) is 3.97. The van der Waals surface area contributed by atoms with Crippen molar-refractivity contribution in [3.8, 4) is 0 Å². The van der Waals surface area contributed by atoms with Gasteiger partial charge in [-0.15, -0.1) is 0 Å². The third-order valence-electron chi connectivity index (χ3n) is 3.97. The lowest BCUT2D eigenvalue weighted by atomic mass is 9.88. The summed E-state index contributed by atoms with van der Waals surface area (Å²) in [5.74, 6) is 1.15. The molecule has 1 unspecified atom stereocenters. The van der Waals surface area contributed by atoms with E-state index in [0.717, 1.165) is 32.5 Å².